The number of hydrogen-bond acceptors (Lipinski definition) is 6. The molecule has 9 nitrogen and oxygen atoms in total. The van der Waals surface area contributed by atoms with Gasteiger partial charge in [0.05, 0.1) is 22.8 Å². The zero-order valence-corrected chi connectivity index (χ0v) is 15.9. The molecule has 144 valence electrons. The van der Waals surface area contributed by atoms with Crippen molar-refractivity contribution in [2.45, 2.75) is 0 Å². The first kappa shape index (κ1) is 16.5. The van der Waals surface area contributed by atoms with E-state index in [1.807, 2.05) is 49.9 Å². The average molecular weight is 393 g/mol. The van der Waals surface area contributed by atoms with Crippen LogP contribution in [-0.2, 0) is 7.05 Å². The van der Waals surface area contributed by atoms with Gasteiger partial charge >= 0.3 is 0 Å². The lowest BCUT2D eigenvalue weighted by atomic mass is 10.1. The molecule has 6 rings (SSSR count). The van der Waals surface area contributed by atoms with Crippen molar-refractivity contribution in [3.05, 3.63) is 61.4 Å². The Kier molecular flexibility index (Phi) is 3.48. The molecule has 30 heavy (non-hydrogen) atoms. The van der Waals surface area contributed by atoms with Gasteiger partial charge in [0.1, 0.15) is 11.2 Å². The van der Waals surface area contributed by atoms with E-state index in [0.29, 0.717) is 17.2 Å². The van der Waals surface area contributed by atoms with Crippen LogP contribution in [-0.4, -0.2) is 44.9 Å². The van der Waals surface area contributed by atoms with Crippen LogP contribution in [0.15, 0.2) is 61.4 Å². The van der Waals surface area contributed by atoms with Gasteiger partial charge in [-0.05, 0) is 24.3 Å². The normalized spacial score (nSPS) is 11.5. The van der Waals surface area contributed by atoms with E-state index in [-0.39, 0.29) is 0 Å². The molecule has 6 aromatic heterocycles. The molecule has 0 atom stereocenters. The van der Waals surface area contributed by atoms with Gasteiger partial charge < -0.3 is 4.98 Å². The van der Waals surface area contributed by atoms with Crippen LogP contribution >= 0.6 is 0 Å². The van der Waals surface area contributed by atoms with Crippen LogP contribution in [0.5, 0.6) is 0 Å². The maximum absolute atomic E-state index is 4.82. The van der Waals surface area contributed by atoms with E-state index in [2.05, 4.69) is 35.2 Å². The Labute approximate surface area is 169 Å². The molecule has 0 saturated carbocycles. The smallest absolute Gasteiger partial charge is 0.159 e. The molecular formula is C21H15N9. The third kappa shape index (κ3) is 2.56. The monoisotopic (exact) mass is 393 g/mol. The standard InChI is InChI=1S/C21H15N9/c1-30-11-14(10-25-30)13-7-15-18(28-29-20(15)24-9-13)21-26-16-4-6-23-17(19(16)27-21)12-3-2-5-22-8-12/h2-11H,1H3,(H,26,27)(H,24,28,29). The number of H-pyrrole nitrogens is 2. The van der Waals surface area contributed by atoms with Crippen molar-refractivity contribution >= 4 is 22.1 Å². The summed E-state index contributed by atoms with van der Waals surface area (Å²) in [6.45, 7) is 0. The van der Waals surface area contributed by atoms with Gasteiger partial charge in [-0.2, -0.15) is 10.2 Å². The van der Waals surface area contributed by atoms with Crippen molar-refractivity contribution in [1.29, 1.82) is 0 Å². The van der Waals surface area contributed by atoms with Crippen molar-refractivity contribution in [3.8, 4) is 33.9 Å². The lowest BCUT2D eigenvalue weighted by Crippen LogP contribution is -1.86. The first-order chi connectivity index (χ1) is 14.8. The number of hydrogen-bond donors (Lipinski definition) is 2. The molecule has 9 heteroatoms. The maximum Gasteiger partial charge on any atom is 0.159 e. The molecule has 6 heterocycles. The van der Waals surface area contributed by atoms with Crippen LogP contribution in [0.1, 0.15) is 0 Å². The van der Waals surface area contributed by atoms with Gasteiger partial charge in [-0.1, -0.05) is 0 Å². The molecule has 0 aromatic carbocycles. The van der Waals surface area contributed by atoms with Gasteiger partial charge in [0.25, 0.3) is 0 Å². The van der Waals surface area contributed by atoms with E-state index in [9.17, 15) is 0 Å². The van der Waals surface area contributed by atoms with Crippen LogP contribution in [0.4, 0.5) is 0 Å². The van der Waals surface area contributed by atoms with E-state index in [1.54, 1.807) is 23.3 Å². The van der Waals surface area contributed by atoms with E-state index >= 15 is 0 Å². The fourth-order valence-electron chi connectivity index (χ4n) is 3.57. The molecule has 0 unspecified atom stereocenters. The van der Waals surface area contributed by atoms with Crippen molar-refractivity contribution in [2.75, 3.05) is 0 Å². The summed E-state index contributed by atoms with van der Waals surface area (Å²) in [5.41, 5.74) is 6.70. The first-order valence-electron chi connectivity index (χ1n) is 9.35. The second-order valence-corrected chi connectivity index (χ2v) is 6.98. The molecule has 0 bridgehead atoms. The molecule has 0 saturated heterocycles. The van der Waals surface area contributed by atoms with Crippen molar-refractivity contribution in [3.63, 3.8) is 0 Å². The quantitative estimate of drug-likeness (QED) is 0.477. The zero-order chi connectivity index (χ0) is 20.1. The summed E-state index contributed by atoms with van der Waals surface area (Å²) in [4.78, 5) is 21.4. The minimum Gasteiger partial charge on any atom is -0.336 e. The number of aryl methyl sites for hydroxylation is 1. The summed E-state index contributed by atoms with van der Waals surface area (Å²) in [6, 6.07) is 7.80. The highest BCUT2D eigenvalue weighted by atomic mass is 15.2. The minimum atomic E-state index is 0.652. The largest absolute Gasteiger partial charge is 0.336 e. The maximum atomic E-state index is 4.82. The molecule has 0 fully saturated rings. The van der Waals surface area contributed by atoms with Crippen LogP contribution in [0, 0.1) is 0 Å². The van der Waals surface area contributed by atoms with Gasteiger partial charge in [0.15, 0.2) is 11.5 Å². The first-order valence-corrected chi connectivity index (χ1v) is 9.35. The highest BCUT2D eigenvalue weighted by molar-refractivity contribution is 5.96. The molecule has 0 aliphatic rings. The molecule has 6 aromatic rings. The highest BCUT2D eigenvalue weighted by Crippen LogP contribution is 2.31. The number of nitrogens with zero attached hydrogens (tertiary/aromatic N) is 7. The van der Waals surface area contributed by atoms with Crippen LogP contribution < -0.4 is 0 Å². The van der Waals surface area contributed by atoms with Crippen LogP contribution in [0.3, 0.4) is 0 Å². The summed E-state index contributed by atoms with van der Waals surface area (Å²) in [5.74, 6) is 0.652. The predicted octanol–water partition coefficient (Wildman–Crippen LogP) is 3.36. The number of imidazole rings is 1. The number of rotatable bonds is 3. The molecule has 2 N–H and O–H groups in total. The van der Waals surface area contributed by atoms with Gasteiger partial charge in [-0.25, -0.2) is 9.97 Å². The number of pyridine rings is 3. The van der Waals surface area contributed by atoms with Gasteiger partial charge in [-0.15, -0.1) is 0 Å². The van der Waals surface area contributed by atoms with E-state index in [4.69, 9.17) is 4.98 Å². The summed E-state index contributed by atoms with van der Waals surface area (Å²) in [7, 11) is 1.89. The molecule has 0 radical (unpaired) electrons. The second-order valence-electron chi connectivity index (χ2n) is 6.98. The Bertz CT molecular complexity index is 1510. The fourth-order valence-corrected chi connectivity index (χ4v) is 3.57. The Hall–Kier alpha value is -4.40. The zero-order valence-electron chi connectivity index (χ0n) is 15.9. The Morgan fingerprint density at radius 2 is 1.90 bits per heavy atom. The minimum absolute atomic E-state index is 0.652. The number of fused-ring (bicyclic) bond motifs is 2. The average Bonchev–Trinajstić information content (AvgIpc) is 3.50. The van der Waals surface area contributed by atoms with Crippen molar-refractivity contribution in [2.24, 2.45) is 7.05 Å². The van der Waals surface area contributed by atoms with Crippen LogP contribution in [0.2, 0.25) is 0 Å². The summed E-state index contributed by atoms with van der Waals surface area (Å²) < 4.78 is 1.77. The van der Waals surface area contributed by atoms with E-state index < -0.39 is 0 Å². The van der Waals surface area contributed by atoms with Gasteiger partial charge in [-0.3, -0.25) is 19.7 Å². The van der Waals surface area contributed by atoms with E-state index in [0.717, 1.165) is 38.8 Å². The molecule has 0 amide bonds. The van der Waals surface area contributed by atoms with Gasteiger partial charge in [0.2, 0.25) is 0 Å². The third-order valence-corrected chi connectivity index (χ3v) is 5.01. The van der Waals surface area contributed by atoms with Crippen molar-refractivity contribution in [1.82, 2.24) is 44.9 Å². The molecule has 0 aliphatic heterocycles. The molecule has 0 aliphatic carbocycles. The second kappa shape index (κ2) is 6.31. The number of aromatic nitrogens is 9. The summed E-state index contributed by atoms with van der Waals surface area (Å²) in [6.07, 6.45) is 10.9. The van der Waals surface area contributed by atoms with Crippen molar-refractivity contribution < 1.29 is 0 Å². The lowest BCUT2D eigenvalue weighted by molar-refractivity contribution is 0.768. The Morgan fingerprint density at radius 1 is 0.933 bits per heavy atom. The topological polar surface area (TPSA) is 114 Å². The summed E-state index contributed by atoms with van der Waals surface area (Å²) in [5, 5.41) is 12.6. The van der Waals surface area contributed by atoms with E-state index in [1.165, 1.54) is 0 Å². The summed E-state index contributed by atoms with van der Waals surface area (Å²) >= 11 is 0. The molecular weight excluding hydrogens is 378 g/mol. The SMILES string of the molecule is Cn1cc(-c2cnc3[nH]nc(-c4nc5c(-c6cccnc6)nccc5[nH]4)c3c2)cn1. The third-order valence-electron chi connectivity index (χ3n) is 5.01. The Morgan fingerprint density at radius 3 is 2.73 bits per heavy atom. The fraction of sp³-hybridized carbons (Fsp3) is 0.0476. The number of nitrogens with one attached hydrogen (secondary N) is 2. The lowest BCUT2D eigenvalue weighted by Gasteiger charge is -1.99. The number of aromatic amines is 2. The highest BCUT2D eigenvalue weighted by Gasteiger charge is 2.17. The van der Waals surface area contributed by atoms with Crippen LogP contribution in [0.25, 0.3) is 56.0 Å². The Balaban J connectivity index is 1.52. The van der Waals surface area contributed by atoms with Gasteiger partial charge in [0, 0.05) is 54.7 Å². The predicted molar refractivity (Wildman–Crippen MR) is 112 cm³/mol. The molecule has 0 spiro atoms.